The molecule has 1 N–H and O–H groups in total. The molecule has 4 heteroatoms. The van der Waals surface area contributed by atoms with Crippen molar-refractivity contribution in [3.63, 3.8) is 0 Å². The molecule has 0 aliphatic carbocycles. The van der Waals surface area contributed by atoms with Crippen LogP contribution in [0.5, 0.6) is 0 Å². The van der Waals surface area contributed by atoms with Crippen molar-refractivity contribution < 1.29 is 18.7 Å². The maximum atomic E-state index is 13.5. The van der Waals surface area contributed by atoms with Crippen LogP contribution in [0.1, 0.15) is 71.1 Å². The minimum atomic E-state index is -0.891. The van der Waals surface area contributed by atoms with E-state index in [0.29, 0.717) is 12.8 Å². The zero-order valence-electron chi connectivity index (χ0n) is 14.6. The Morgan fingerprint density at radius 2 is 1.58 bits per heavy atom. The molecule has 0 saturated heterocycles. The molecule has 0 amide bonds. The molecule has 0 radical (unpaired) electrons. The van der Waals surface area contributed by atoms with Gasteiger partial charge in [0.2, 0.25) is 0 Å². The highest BCUT2D eigenvalue weighted by Gasteiger charge is 1.98. The summed E-state index contributed by atoms with van der Waals surface area (Å²) in [6.45, 7) is 2.18. The van der Waals surface area contributed by atoms with Gasteiger partial charge in [-0.1, -0.05) is 50.1 Å². The number of unbranched alkanes of at least 4 members (excludes halogenated alkanes) is 4. The zero-order chi connectivity index (χ0) is 18.0. The summed E-state index contributed by atoms with van der Waals surface area (Å²) < 4.78 is 26.9. The van der Waals surface area contributed by atoms with E-state index in [1.807, 2.05) is 6.08 Å². The lowest BCUT2D eigenvalue weighted by molar-refractivity contribution is -0.137. The highest BCUT2D eigenvalue weighted by molar-refractivity contribution is 5.66. The van der Waals surface area contributed by atoms with E-state index in [2.05, 4.69) is 19.1 Å². The van der Waals surface area contributed by atoms with E-state index in [1.165, 1.54) is 31.4 Å². The van der Waals surface area contributed by atoms with Crippen molar-refractivity contribution in [1.29, 1.82) is 0 Å². The van der Waals surface area contributed by atoms with Crippen molar-refractivity contribution in [2.75, 3.05) is 0 Å². The van der Waals surface area contributed by atoms with E-state index < -0.39 is 11.8 Å². The van der Waals surface area contributed by atoms with Crippen molar-refractivity contribution in [3.05, 3.63) is 48.1 Å². The molecule has 0 atom stereocenters. The predicted octanol–water partition coefficient (Wildman–Crippen LogP) is 6.81. The smallest absolute Gasteiger partial charge is 0.303 e. The second kappa shape index (κ2) is 16.2. The molecule has 0 aromatic heterocycles. The van der Waals surface area contributed by atoms with Gasteiger partial charge in [0.15, 0.2) is 0 Å². The fraction of sp³-hybridized carbons (Fsp3) is 0.550. The molecule has 0 heterocycles. The third kappa shape index (κ3) is 16.7. The number of aliphatic carboxylic acids is 1. The molecule has 0 aliphatic heterocycles. The Hall–Kier alpha value is -1.71. The second-order valence-corrected chi connectivity index (χ2v) is 5.67. The molecule has 136 valence electrons. The Morgan fingerprint density at radius 3 is 2.29 bits per heavy atom. The molecule has 0 fully saturated rings. The lowest BCUT2D eigenvalue weighted by atomic mass is 10.2. The van der Waals surface area contributed by atoms with Crippen molar-refractivity contribution in [3.8, 4) is 0 Å². The van der Waals surface area contributed by atoms with Gasteiger partial charge >= 0.3 is 5.97 Å². The summed E-state index contributed by atoms with van der Waals surface area (Å²) in [5, 5.41) is 8.46. The van der Waals surface area contributed by atoms with Crippen LogP contribution >= 0.6 is 0 Å². The minimum Gasteiger partial charge on any atom is -0.481 e. The molecule has 0 unspecified atom stereocenters. The van der Waals surface area contributed by atoms with E-state index in [1.54, 1.807) is 6.08 Å². The lowest BCUT2D eigenvalue weighted by Gasteiger charge is -1.95. The maximum absolute atomic E-state index is 13.5. The van der Waals surface area contributed by atoms with Crippen LogP contribution in [0.2, 0.25) is 0 Å². The quantitative estimate of drug-likeness (QED) is 0.278. The average molecular weight is 340 g/mol. The number of allylic oxidation sites excluding steroid dienone is 8. The van der Waals surface area contributed by atoms with Gasteiger partial charge in [-0.05, 0) is 38.2 Å². The first kappa shape index (κ1) is 22.3. The summed E-state index contributed by atoms with van der Waals surface area (Å²) in [6, 6.07) is 0. The minimum absolute atomic E-state index is 0.0197. The molecule has 0 aromatic carbocycles. The van der Waals surface area contributed by atoms with Crippen LogP contribution in [0.3, 0.4) is 0 Å². The van der Waals surface area contributed by atoms with Gasteiger partial charge in [0.25, 0.3) is 0 Å². The van der Waals surface area contributed by atoms with Crippen LogP contribution in [0.15, 0.2) is 48.1 Å². The van der Waals surface area contributed by atoms with E-state index in [-0.39, 0.29) is 25.1 Å². The molecule has 0 spiro atoms. The first-order valence-corrected chi connectivity index (χ1v) is 8.77. The van der Waals surface area contributed by atoms with Crippen molar-refractivity contribution in [2.45, 2.75) is 71.1 Å². The number of hydrogen-bond donors (Lipinski definition) is 1. The Labute approximate surface area is 144 Å². The molecule has 0 rings (SSSR count). The summed E-state index contributed by atoms with van der Waals surface area (Å²) in [5.74, 6) is -1.67. The second-order valence-electron chi connectivity index (χ2n) is 5.67. The van der Waals surface area contributed by atoms with Crippen molar-refractivity contribution in [2.24, 2.45) is 0 Å². The fourth-order valence-electron chi connectivity index (χ4n) is 1.98. The molecule has 2 nitrogen and oxygen atoms in total. The highest BCUT2D eigenvalue weighted by Crippen LogP contribution is 2.13. The highest BCUT2D eigenvalue weighted by atomic mass is 19.1. The van der Waals surface area contributed by atoms with Crippen LogP contribution < -0.4 is 0 Å². The number of halogens is 2. The third-order valence-electron chi connectivity index (χ3n) is 3.37. The summed E-state index contributed by atoms with van der Waals surface area (Å²) >= 11 is 0. The number of rotatable bonds is 14. The monoisotopic (exact) mass is 340 g/mol. The summed E-state index contributed by atoms with van der Waals surface area (Å²) in [5.41, 5.74) is 0. The Kier molecular flexibility index (Phi) is 15.0. The van der Waals surface area contributed by atoms with E-state index >= 15 is 0 Å². The summed E-state index contributed by atoms with van der Waals surface area (Å²) in [7, 11) is 0. The van der Waals surface area contributed by atoms with Gasteiger partial charge in [-0.25, -0.2) is 8.78 Å². The van der Waals surface area contributed by atoms with Crippen LogP contribution in [-0.2, 0) is 4.79 Å². The standard InChI is InChI=1S/C20H30F2O2/c1-2-3-4-5-6-7-8-9-10-13-18(21)16-17-19(22)14-11-12-15-20(23)24/h6-7,9-10,14,16H,2-5,8,11-13,15,17H2,1H3,(H,23,24)/b7-6+,10-9+,18-16-,19-14-. The molecule has 24 heavy (non-hydrogen) atoms. The Morgan fingerprint density at radius 1 is 0.875 bits per heavy atom. The van der Waals surface area contributed by atoms with Crippen LogP contribution in [0.25, 0.3) is 0 Å². The maximum Gasteiger partial charge on any atom is 0.303 e. The van der Waals surface area contributed by atoms with E-state index in [9.17, 15) is 13.6 Å². The van der Waals surface area contributed by atoms with Crippen molar-refractivity contribution >= 4 is 5.97 Å². The number of carbonyl (C=O) groups is 1. The average Bonchev–Trinajstić information content (AvgIpc) is 2.55. The van der Waals surface area contributed by atoms with Gasteiger partial charge < -0.3 is 5.11 Å². The molecular formula is C20H30F2O2. The van der Waals surface area contributed by atoms with Crippen LogP contribution in [0, 0.1) is 0 Å². The van der Waals surface area contributed by atoms with Gasteiger partial charge in [-0.15, -0.1) is 0 Å². The normalized spacial score (nSPS) is 13.3. The largest absolute Gasteiger partial charge is 0.481 e. The van der Waals surface area contributed by atoms with Gasteiger partial charge in [0.05, 0.1) is 5.83 Å². The Balaban J connectivity index is 3.83. The van der Waals surface area contributed by atoms with Gasteiger partial charge in [0, 0.05) is 19.3 Å². The molecule has 0 aliphatic rings. The van der Waals surface area contributed by atoms with Crippen molar-refractivity contribution in [1.82, 2.24) is 0 Å². The van der Waals surface area contributed by atoms with Gasteiger partial charge in [-0.3, -0.25) is 4.79 Å². The fourth-order valence-corrected chi connectivity index (χ4v) is 1.98. The third-order valence-corrected chi connectivity index (χ3v) is 3.37. The van der Waals surface area contributed by atoms with Crippen LogP contribution in [-0.4, -0.2) is 11.1 Å². The van der Waals surface area contributed by atoms with Crippen LogP contribution in [0.4, 0.5) is 8.78 Å². The molecule has 0 bridgehead atoms. The molecule has 0 aromatic rings. The Bertz CT molecular complexity index is 449. The summed E-state index contributed by atoms with van der Waals surface area (Å²) in [4.78, 5) is 10.3. The SMILES string of the molecule is CCCCC/C=C/C/C=C/C/C(F)=C/C/C(F)=C/CCCC(=O)O. The van der Waals surface area contributed by atoms with Gasteiger partial charge in [-0.2, -0.15) is 0 Å². The summed E-state index contributed by atoms with van der Waals surface area (Å²) in [6.07, 6.45) is 16.9. The molecule has 0 saturated carbocycles. The number of carboxylic acid groups (broad SMARTS) is 1. The number of hydrogen-bond acceptors (Lipinski definition) is 1. The first-order valence-electron chi connectivity index (χ1n) is 8.77. The van der Waals surface area contributed by atoms with E-state index in [0.717, 1.165) is 12.8 Å². The predicted molar refractivity (Wildman–Crippen MR) is 96.1 cm³/mol. The van der Waals surface area contributed by atoms with E-state index in [4.69, 9.17) is 5.11 Å². The molecular weight excluding hydrogens is 310 g/mol. The zero-order valence-corrected chi connectivity index (χ0v) is 14.6. The first-order chi connectivity index (χ1) is 11.6. The number of carboxylic acids is 1. The van der Waals surface area contributed by atoms with Gasteiger partial charge in [0.1, 0.15) is 5.83 Å². The topological polar surface area (TPSA) is 37.3 Å². The lowest BCUT2D eigenvalue weighted by Crippen LogP contribution is -1.92.